The summed E-state index contributed by atoms with van der Waals surface area (Å²) in [6, 6.07) is 85.4. The summed E-state index contributed by atoms with van der Waals surface area (Å²) in [5, 5.41) is 0. The topological polar surface area (TPSA) is 13.0 Å². The third-order valence-corrected chi connectivity index (χ3v) is 10.8. The standard InChI is InChI=1S/C39H35N3.C19H17N/c1-30-12-10-18-38(28-30)41(34-14-6-4-7-15-34)36-24-20-32(21-25-36)40(3)33-22-26-37(27-23-33)42(35-16-8-5-9-17-35)39-19-11-13-31(2)29-39;1-16-9-8-14-19(15-16)20(17-10-4-2-5-11-17)18-12-6-3-7-13-18/h4-29H,1-3H3;2-15H,1H3. The summed E-state index contributed by atoms with van der Waals surface area (Å²) in [5.74, 6) is 0. The number of benzene rings is 9. The van der Waals surface area contributed by atoms with Crippen LogP contribution in [-0.4, -0.2) is 7.05 Å². The SMILES string of the molecule is Cc1cccc(N(c2ccccc2)c2ccc(N(C)c3ccc(N(c4ccccc4)c4cccc(C)c4)cc3)cc2)c1.Cc1cccc(N(c2ccccc2)c2ccccc2)c1. The van der Waals surface area contributed by atoms with Gasteiger partial charge >= 0.3 is 0 Å². The Morgan fingerprint density at radius 2 is 0.419 bits per heavy atom. The fourth-order valence-corrected chi connectivity index (χ4v) is 7.75. The van der Waals surface area contributed by atoms with E-state index in [0.29, 0.717) is 0 Å². The van der Waals surface area contributed by atoms with E-state index in [1.807, 2.05) is 12.1 Å². The maximum atomic E-state index is 2.30. The number of anilines is 11. The molecule has 4 nitrogen and oxygen atoms in total. The van der Waals surface area contributed by atoms with Gasteiger partial charge in [0, 0.05) is 69.6 Å². The van der Waals surface area contributed by atoms with Crippen LogP contribution >= 0.6 is 0 Å². The molecule has 9 aromatic rings. The average molecular weight is 805 g/mol. The van der Waals surface area contributed by atoms with Crippen LogP contribution in [0.1, 0.15) is 16.7 Å². The molecule has 304 valence electrons. The molecule has 0 aliphatic carbocycles. The van der Waals surface area contributed by atoms with Crippen molar-refractivity contribution in [2.45, 2.75) is 20.8 Å². The van der Waals surface area contributed by atoms with Crippen LogP contribution < -0.4 is 19.6 Å². The minimum absolute atomic E-state index is 1.12. The zero-order valence-corrected chi connectivity index (χ0v) is 35.9. The summed E-state index contributed by atoms with van der Waals surface area (Å²) in [7, 11) is 2.12. The number of hydrogen-bond donors (Lipinski definition) is 0. The van der Waals surface area contributed by atoms with E-state index in [-0.39, 0.29) is 0 Å². The van der Waals surface area contributed by atoms with Gasteiger partial charge in [0.2, 0.25) is 0 Å². The van der Waals surface area contributed by atoms with Crippen LogP contribution in [0.3, 0.4) is 0 Å². The molecule has 0 radical (unpaired) electrons. The zero-order chi connectivity index (χ0) is 42.7. The molecule has 9 rings (SSSR count). The van der Waals surface area contributed by atoms with Crippen molar-refractivity contribution in [3.05, 3.63) is 259 Å². The summed E-state index contributed by atoms with van der Waals surface area (Å²) in [5.41, 5.74) is 16.3. The molecule has 0 fully saturated rings. The average Bonchev–Trinajstić information content (AvgIpc) is 3.31. The van der Waals surface area contributed by atoms with Crippen molar-refractivity contribution in [2.24, 2.45) is 0 Å². The van der Waals surface area contributed by atoms with E-state index < -0.39 is 0 Å². The van der Waals surface area contributed by atoms with Crippen LogP contribution in [0.15, 0.2) is 243 Å². The first-order chi connectivity index (χ1) is 30.4. The Balaban J connectivity index is 0.000000220. The van der Waals surface area contributed by atoms with Gasteiger partial charge in [-0.3, -0.25) is 0 Å². The zero-order valence-electron chi connectivity index (χ0n) is 35.9. The molecule has 0 saturated carbocycles. The first-order valence-electron chi connectivity index (χ1n) is 21.2. The lowest BCUT2D eigenvalue weighted by Gasteiger charge is -2.28. The van der Waals surface area contributed by atoms with Crippen molar-refractivity contribution in [3.63, 3.8) is 0 Å². The molecule has 4 heteroatoms. The monoisotopic (exact) mass is 804 g/mol. The number of nitrogens with zero attached hydrogens (tertiary/aromatic N) is 4. The third-order valence-electron chi connectivity index (χ3n) is 10.8. The van der Waals surface area contributed by atoms with Crippen LogP contribution in [0.25, 0.3) is 0 Å². The molecule has 0 aliphatic rings. The molecule has 0 aromatic heterocycles. The fourth-order valence-electron chi connectivity index (χ4n) is 7.75. The first-order valence-corrected chi connectivity index (χ1v) is 21.2. The second kappa shape index (κ2) is 19.5. The van der Waals surface area contributed by atoms with E-state index >= 15 is 0 Å². The molecule has 0 aliphatic heterocycles. The molecule has 0 spiro atoms. The van der Waals surface area contributed by atoms with E-state index in [9.17, 15) is 0 Å². The molecule has 0 atom stereocenters. The van der Waals surface area contributed by atoms with Crippen molar-refractivity contribution in [1.29, 1.82) is 0 Å². The molecule has 9 aromatic carbocycles. The molecular formula is C58H52N4. The van der Waals surface area contributed by atoms with Gasteiger partial charge in [-0.15, -0.1) is 0 Å². The predicted molar refractivity (Wildman–Crippen MR) is 266 cm³/mol. The number of aryl methyl sites for hydroxylation is 3. The van der Waals surface area contributed by atoms with E-state index in [0.717, 1.165) is 45.5 Å². The van der Waals surface area contributed by atoms with Gasteiger partial charge < -0.3 is 19.6 Å². The van der Waals surface area contributed by atoms with Crippen molar-refractivity contribution in [2.75, 3.05) is 26.6 Å². The maximum Gasteiger partial charge on any atom is 0.0464 e. The van der Waals surface area contributed by atoms with E-state index in [1.165, 1.54) is 33.8 Å². The van der Waals surface area contributed by atoms with E-state index in [1.54, 1.807) is 0 Å². The Morgan fingerprint density at radius 1 is 0.210 bits per heavy atom. The van der Waals surface area contributed by atoms with Crippen LogP contribution in [0.2, 0.25) is 0 Å². The summed E-state index contributed by atoms with van der Waals surface area (Å²) < 4.78 is 0. The second-order valence-corrected chi connectivity index (χ2v) is 15.5. The van der Waals surface area contributed by atoms with Crippen LogP contribution in [0.4, 0.5) is 62.6 Å². The summed E-state index contributed by atoms with van der Waals surface area (Å²) >= 11 is 0. The Morgan fingerprint density at radius 3 is 0.661 bits per heavy atom. The van der Waals surface area contributed by atoms with Crippen LogP contribution in [-0.2, 0) is 0 Å². The lowest BCUT2D eigenvalue weighted by molar-refractivity contribution is 1.19. The maximum absolute atomic E-state index is 2.30. The summed E-state index contributed by atoms with van der Waals surface area (Å²) in [6.07, 6.45) is 0. The van der Waals surface area contributed by atoms with Gasteiger partial charge in [-0.2, -0.15) is 0 Å². The minimum Gasteiger partial charge on any atom is -0.345 e. The van der Waals surface area contributed by atoms with Gasteiger partial charge in [0.1, 0.15) is 0 Å². The Hall–Kier alpha value is -7.82. The quantitative estimate of drug-likeness (QED) is 0.129. The normalized spacial score (nSPS) is 10.6. The van der Waals surface area contributed by atoms with Gasteiger partial charge in [0.25, 0.3) is 0 Å². The smallest absolute Gasteiger partial charge is 0.0464 e. The van der Waals surface area contributed by atoms with Crippen molar-refractivity contribution < 1.29 is 0 Å². The highest BCUT2D eigenvalue weighted by Crippen LogP contribution is 2.39. The number of rotatable bonds is 11. The summed E-state index contributed by atoms with van der Waals surface area (Å²) in [6.45, 7) is 6.39. The predicted octanol–water partition coefficient (Wildman–Crippen LogP) is 16.5. The Bertz CT molecular complexity index is 2600. The number of para-hydroxylation sites is 4. The van der Waals surface area contributed by atoms with Gasteiger partial charge in [-0.05, 0) is 171 Å². The Labute approximate surface area is 367 Å². The second-order valence-electron chi connectivity index (χ2n) is 15.5. The highest BCUT2D eigenvalue weighted by Gasteiger charge is 2.16. The van der Waals surface area contributed by atoms with Crippen LogP contribution in [0.5, 0.6) is 0 Å². The van der Waals surface area contributed by atoms with Gasteiger partial charge in [-0.25, -0.2) is 0 Å². The van der Waals surface area contributed by atoms with E-state index in [4.69, 9.17) is 0 Å². The molecule has 0 amide bonds. The molecule has 0 saturated heterocycles. The molecule has 0 unspecified atom stereocenters. The van der Waals surface area contributed by atoms with Crippen molar-refractivity contribution in [3.8, 4) is 0 Å². The minimum atomic E-state index is 1.12. The van der Waals surface area contributed by atoms with Crippen molar-refractivity contribution >= 4 is 62.6 Å². The van der Waals surface area contributed by atoms with E-state index in [2.05, 4.69) is 278 Å². The highest BCUT2D eigenvalue weighted by atomic mass is 15.2. The van der Waals surface area contributed by atoms with Gasteiger partial charge in [0.15, 0.2) is 0 Å². The molecular weight excluding hydrogens is 753 g/mol. The number of hydrogen-bond acceptors (Lipinski definition) is 4. The highest BCUT2D eigenvalue weighted by molar-refractivity contribution is 5.81. The van der Waals surface area contributed by atoms with Gasteiger partial charge in [0.05, 0.1) is 0 Å². The molecule has 0 heterocycles. The summed E-state index contributed by atoms with van der Waals surface area (Å²) in [4.78, 5) is 9.10. The lowest BCUT2D eigenvalue weighted by Crippen LogP contribution is -2.13. The first kappa shape index (κ1) is 40.9. The van der Waals surface area contributed by atoms with Gasteiger partial charge in [-0.1, -0.05) is 109 Å². The fraction of sp³-hybridized carbons (Fsp3) is 0.0690. The van der Waals surface area contributed by atoms with Crippen molar-refractivity contribution in [1.82, 2.24) is 0 Å². The largest absolute Gasteiger partial charge is 0.345 e. The van der Waals surface area contributed by atoms with Crippen LogP contribution in [0, 0.1) is 20.8 Å². The third kappa shape index (κ3) is 9.79. The Kier molecular flexibility index (Phi) is 12.9. The molecule has 62 heavy (non-hydrogen) atoms. The molecule has 0 bridgehead atoms. The lowest BCUT2D eigenvalue weighted by atomic mass is 10.1. The molecule has 0 N–H and O–H groups in total.